The Labute approximate surface area is 274 Å². The summed E-state index contributed by atoms with van der Waals surface area (Å²) in [5.74, 6) is 1.08. The molecule has 2 aliphatic heterocycles. The molecule has 1 aromatic heterocycles. The van der Waals surface area contributed by atoms with Crippen LogP contribution in [0.25, 0.3) is 0 Å². The summed E-state index contributed by atoms with van der Waals surface area (Å²) in [4.78, 5) is 26.8. The first-order valence-electron chi connectivity index (χ1n) is 15.2. The molecule has 0 unspecified atom stereocenters. The van der Waals surface area contributed by atoms with Gasteiger partial charge in [-0.2, -0.15) is 10.2 Å². The average Bonchev–Trinajstić information content (AvgIpc) is 3.02. The standard InChI is InChI=1S/C32H38ClN7O5S/c1-20(2)45-28-17-27-23(31(41)40(19-44-27)22-10-14-39(15-11-22)13-7-12-34)16-26(28)37-32-35-18-24(33)30(38-32)36-25-8-5-6-9-29(25)46(42,43)21(3)4/h5-6,8-9,16-18,20-22H,7,10-11,13-15,19H2,1-4H3,(H2,35,36,37,38). The van der Waals surface area contributed by atoms with Gasteiger partial charge in [0.2, 0.25) is 5.95 Å². The largest absolute Gasteiger partial charge is 0.489 e. The maximum Gasteiger partial charge on any atom is 0.260 e. The van der Waals surface area contributed by atoms with Gasteiger partial charge in [0.25, 0.3) is 5.91 Å². The summed E-state index contributed by atoms with van der Waals surface area (Å²) >= 11 is 6.44. The normalized spacial score (nSPS) is 15.8. The van der Waals surface area contributed by atoms with Gasteiger partial charge < -0.3 is 29.9 Å². The molecule has 1 fully saturated rings. The molecule has 2 aromatic carbocycles. The van der Waals surface area contributed by atoms with Crippen LogP contribution >= 0.6 is 11.6 Å². The van der Waals surface area contributed by atoms with Crippen LogP contribution in [0.3, 0.4) is 0 Å². The third-order valence-electron chi connectivity index (χ3n) is 7.89. The van der Waals surface area contributed by atoms with Crippen molar-refractivity contribution in [3.05, 3.63) is 53.2 Å². The van der Waals surface area contributed by atoms with Gasteiger partial charge in [-0.3, -0.25) is 4.79 Å². The first-order valence-corrected chi connectivity index (χ1v) is 17.2. The molecule has 1 amide bonds. The Balaban J connectivity index is 1.41. The molecule has 5 rings (SSSR count). The number of ether oxygens (including phenoxy) is 2. The number of nitriles is 1. The molecular weight excluding hydrogens is 630 g/mol. The monoisotopic (exact) mass is 667 g/mol. The van der Waals surface area contributed by atoms with Crippen LogP contribution in [0.1, 0.15) is 57.3 Å². The van der Waals surface area contributed by atoms with Crippen molar-refractivity contribution >= 4 is 50.5 Å². The summed E-state index contributed by atoms with van der Waals surface area (Å²) in [5.41, 5.74) is 1.17. The molecule has 1 saturated heterocycles. The van der Waals surface area contributed by atoms with Gasteiger partial charge in [0.15, 0.2) is 22.4 Å². The fourth-order valence-corrected chi connectivity index (χ4v) is 6.76. The number of nitrogens with one attached hydrogen (secondary N) is 2. The van der Waals surface area contributed by atoms with Gasteiger partial charge >= 0.3 is 0 Å². The van der Waals surface area contributed by atoms with E-state index in [1.807, 2.05) is 13.8 Å². The van der Waals surface area contributed by atoms with Gasteiger partial charge in [-0.05, 0) is 58.7 Å². The van der Waals surface area contributed by atoms with E-state index < -0.39 is 15.1 Å². The van der Waals surface area contributed by atoms with E-state index in [-0.39, 0.29) is 46.5 Å². The molecule has 2 aliphatic rings. The van der Waals surface area contributed by atoms with Gasteiger partial charge in [-0.25, -0.2) is 13.4 Å². The first kappa shape index (κ1) is 33.2. The highest BCUT2D eigenvalue weighted by Gasteiger charge is 2.34. The minimum absolute atomic E-state index is 0.0256. The Morgan fingerprint density at radius 2 is 1.87 bits per heavy atom. The van der Waals surface area contributed by atoms with Crippen LogP contribution < -0.4 is 20.1 Å². The minimum Gasteiger partial charge on any atom is -0.489 e. The number of amides is 1. The van der Waals surface area contributed by atoms with E-state index in [9.17, 15) is 13.2 Å². The zero-order valence-electron chi connectivity index (χ0n) is 26.3. The highest BCUT2D eigenvalue weighted by atomic mass is 35.5. The third-order valence-corrected chi connectivity index (χ3v) is 10.4. The van der Waals surface area contributed by atoms with Gasteiger partial charge in [-0.1, -0.05) is 23.7 Å². The lowest BCUT2D eigenvalue weighted by Gasteiger charge is -2.40. The number of sulfone groups is 1. The molecule has 0 atom stereocenters. The summed E-state index contributed by atoms with van der Waals surface area (Å²) in [6, 6.07) is 12.2. The van der Waals surface area contributed by atoms with Crippen molar-refractivity contribution in [2.24, 2.45) is 0 Å². The molecule has 0 saturated carbocycles. The number of aromatic nitrogens is 2. The van der Waals surface area contributed by atoms with Crippen molar-refractivity contribution in [2.45, 2.75) is 69.2 Å². The molecule has 3 aromatic rings. The second kappa shape index (κ2) is 14.1. The molecule has 12 nitrogen and oxygen atoms in total. The predicted molar refractivity (Wildman–Crippen MR) is 176 cm³/mol. The van der Waals surface area contributed by atoms with Gasteiger partial charge in [0.05, 0.1) is 45.5 Å². The van der Waals surface area contributed by atoms with Crippen molar-refractivity contribution in [1.29, 1.82) is 5.26 Å². The number of carbonyl (C=O) groups is 1. The number of rotatable bonds is 11. The molecule has 0 radical (unpaired) electrons. The van der Waals surface area contributed by atoms with E-state index in [0.29, 0.717) is 34.9 Å². The highest BCUT2D eigenvalue weighted by molar-refractivity contribution is 7.92. The van der Waals surface area contributed by atoms with Crippen LogP contribution in [0.2, 0.25) is 5.02 Å². The fourth-order valence-electron chi connectivity index (χ4n) is 5.42. The summed E-state index contributed by atoms with van der Waals surface area (Å²) in [7, 11) is -3.59. The number of hydrogen-bond acceptors (Lipinski definition) is 11. The van der Waals surface area contributed by atoms with Crippen LogP contribution in [-0.2, 0) is 9.84 Å². The van der Waals surface area contributed by atoms with E-state index >= 15 is 0 Å². The molecule has 14 heteroatoms. The third kappa shape index (κ3) is 7.30. The van der Waals surface area contributed by atoms with Crippen molar-refractivity contribution in [1.82, 2.24) is 19.8 Å². The zero-order chi connectivity index (χ0) is 33.0. The predicted octanol–water partition coefficient (Wildman–Crippen LogP) is 5.76. The number of benzene rings is 2. The van der Waals surface area contributed by atoms with Gasteiger partial charge in [-0.15, -0.1) is 0 Å². The van der Waals surface area contributed by atoms with Crippen molar-refractivity contribution < 1.29 is 22.7 Å². The number of anilines is 4. The van der Waals surface area contributed by atoms with Crippen LogP contribution in [0, 0.1) is 11.3 Å². The lowest BCUT2D eigenvalue weighted by molar-refractivity contribution is 0.0249. The number of nitrogens with zero attached hydrogens (tertiary/aromatic N) is 5. The number of likely N-dealkylation sites (tertiary alicyclic amines) is 1. The second-order valence-electron chi connectivity index (χ2n) is 11.8. The first-order chi connectivity index (χ1) is 22.0. The Morgan fingerprint density at radius 1 is 1.13 bits per heavy atom. The number of fused-ring (bicyclic) bond motifs is 1. The van der Waals surface area contributed by atoms with Gasteiger partial charge in [0, 0.05) is 38.2 Å². The molecule has 0 spiro atoms. The Bertz CT molecular complexity index is 1740. The molecule has 3 heterocycles. The number of halogens is 1. The Hall–Kier alpha value is -4.12. The number of piperidine rings is 1. The SMILES string of the molecule is CC(C)Oc1cc2c(cc1Nc1ncc(Cl)c(Nc3ccccc3S(=O)(=O)C(C)C)n1)C(=O)N(C1CCN(CCC#N)CC1)CO2. The van der Waals surface area contributed by atoms with E-state index in [4.69, 9.17) is 26.3 Å². The van der Waals surface area contributed by atoms with E-state index in [1.54, 1.807) is 49.1 Å². The minimum atomic E-state index is -3.59. The van der Waals surface area contributed by atoms with E-state index in [1.165, 1.54) is 12.3 Å². The second-order valence-corrected chi connectivity index (χ2v) is 14.7. The molecule has 46 heavy (non-hydrogen) atoms. The molecule has 244 valence electrons. The maximum atomic E-state index is 13.8. The van der Waals surface area contributed by atoms with Crippen LogP contribution in [0.5, 0.6) is 11.5 Å². The Kier molecular flexibility index (Phi) is 10.2. The number of carbonyl (C=O) groups excluding carboxylic acids is 1. The summed E-state index contributed by atoms with van der Waals surface area (Å²) in [5, 5.41) is 14.7. The molecular formula is C32H38ClN7O5S. The number of hydrogen-bond donors (Lipinski definition) is 2. The molecule has 0 aliphatic carbocycles. The van der Waals surface area contributed by atoms with Crippen molar-refractivity contribution in [3.63, 3.8) is 0 Å². The van der Waals surface area contributed by atoms with Crippen LogP contribution in [0.4, 0.5) is 23.1 Å². The lowest BCUT2D eigenvalue weighted by atomic mass is 10.0. The summed E-state index contributed by atoms with van der Waals surface area (Å²) < 4.78 is 38.1. The van der Waals surface area contributed by atoms with E-state index in [2.05, 4.69) is 31.6 Å². The average molecular weight is 668 g/mol. The van der Waals surface area contributed by atoms with Crippen LogP contribution in [0.15, 0.2) is 47.5 Å². The number of para-hydroxylation sites is 1. The molecule has 0 bridgehead atoms. The summed E-state index contributed by atoms with van der Waals surface area (Å²) in [6.45, 7) is 9.54. The smallest absolute Gasteiger partial charge is 0.260 e. The van der Waals surface area contributed by atoms with Crippen molar-refractivity contribution in [2.75, 3.05) is 37.0 Å². The zero-order valence-corrected chi connectivity index (χ0v) is 27.9. The highest BCUT2D eigenvalue weighted by Crippen LogP contribution is 2.39. The maximum absolute atomic E-state index is 13.8. The quantitative estimate of drug-likeness (QED) is 0.257. The summed E-state index contributed by atoms with van der Waals surface area (Å²) in [6.07, 6.45) is 3.31. The lowest BCUT2D eigenvalue weighted by Crippen LogP contribution is -2.50. The van der Waals surface area contributed by atoms with Crippen LogP contribution in [-0.4, -0.2) is 77.9 Å². The Morgan fingerprint density at radius 3 is 2.57 bits per heavy atom. The fraction of sp³-hybridized carbons (Fsp3) is 0.438. The topological polar surface area (TPSA) is 150 Å². The van der Waals surface area contributed by atoms with Gasteiger partial charge in [0.1, 0.15) is 16.5 Å². The van der Waals surface area contributed by atoms with Crippen molar-refractivity contribution in [3.8, 4) is 17.6 Å². The molecule has 2 N–H and O–H groups in total. The van der Waals surface area contributed by atoms with E-state index in [0.717, 1.165) is 32.5 Å².